The first kappa shape index (κ1) is 4.61. The van der Waals surface area contributed by atoms with E-state index in [2.05, 4.69) is 0 Å². The molecule has 2 aliphatic rings. The third-order valence-corrected chi connectivity index (χ3v) is 2.52. The SMILES string of the molecule is [2H]N1CC2(CCC2(F)F)C1. The van der Waals surface area contributed by atoms with Crippen LogP contribution in [0.5, 0.6) is 0 Å². The van der Waals surface area contributed by atoms with Crippen LogP contribution < -0.4 is 5.31 Å². The quantitative estimate of drug-likeness (QED) is 0.521. The van der Waals surface area contributed by atoms with Crippen LogP contribution in [0.3, 0.4) is 0 Å². The van der Waals surface area contributed by atoms with Gasteiger partial charge in [-0.1, -0.05) is 0 Å². The zero-order valence-corrected chi connectivity index (χ0v) is 5.03. The Labute approximate surface area is 53.9 Å². The largest absolute Gasteiger partial charge is 0.315 e. The highest BCUT2D eigenvalue weighted by Crippen LogP contribution is 2.55. The Morgan fingerprint density at radius 3 is 2.11 bits per heavy atom. The van der Waals surface area contributed by atoms with Crippen molar-refractivity contribution in [1.29, 1.82) is 0 Å². The molecule has 3 heteroatoms. The topological polar surface area (TPSA) is 12.0 Å². The third-order valence-electron chi connectivity index (χ3n) is 2.52. The number of hydrogen-bond donors (Lipinski definition) is 1. The molecule has 1 aliphatic carbocycles. The van der Waals surface area contributed by atoms with Crippen molar-refractivity contribution >= 4 is 0 Å². The summed E-state index contributed by atoms with van der Waals surface area (Å²) in [5.41, 5.74) is -0.783. The minimum Gasteiger partial charge on any atom is -0.315 e. The van der Waals surface area contributed by atoms with Crippen molar-refractivity contribution in [3.05, 3.63) is 0 Å². The fraction of sp³-hybridized carbons (Fsp3) is 1.00. The molecule has 1 saturated heterocycles. The second-order valence-electron chi connectivity index (χ2n) is 3.02. The molecule has 0 atom stereocenters. The number of rotatable bonds is 0. The van der Waals surface area contributed by atoms with Crippen LogP contribution in [0.4, 0.5) is 8.78 Å². The van der Waals surface area contributed by atoms with E-state index in [9.17, 15) is 8.78 Å². The summed E-state index contributed by atoms with van der Waals surface area (Å²) in [6.07, 6.45) is 0.635. The maximum Gasteiger partial charge on any atom is 0.256 e. The Hall–Kier alpha value is -0.180. The minimum atomic E-state index is -2.47. The van der Waals surface area contributed by atoms with Gasteiger partial charge in [0.2, 0.25) is 0 Å². The van der Waals surface area contributed by atoms with Gasteiger partial charge in [-0.05, 0) is 6.42 Å². The van der Waals surface area contributed by atoms with Crippen LogP contribution in [-0.2, 0) is 0 Å². The molecule has 0 radical (unpaired) electrons. The van der Waals surface area contributed by atoms with Gasteiger partial charge in [0.05, 0.1) is 5.41 Å². The number of hydrogen-bond acceptors (Lipinski definition) is 1. The molecule has 1 nitrogen and oxygen atoms in total. The maximum absolute atomic E-state index is 12.7. The van der Waals surface area contributed by atoms with Gasteiger partial charge in [0.25, 0.3) is 5.92 Å². The summed E-state index contributed by atoms with van der Waals surface area (Å²) >= 11 is 0. The van der Waals surface area contributed by atoms with E-state index < -0.39 is 11.3 Å². The van der Waals surface area contributed by atoms with Crippen LogP contribution in [0.2, 0.25) is 1.41 Å². The summed E-state index contributed by atoms with van der Waals surface area (Å²) in [5, 5.41) is 1.20. The molecule has 1 N–H and O–H groups in total. The molecule has 52 valence electrons. The molecule has 0 unspecified atom stereocenters. The predicted molar refractivity (Wildman–Crippen MR) is 29.5 cm³/mol. The van der Waals surface area contributed by atoms with Crippen LogP contribution in [0.1, 0.15) is 12.8 Å². The summed E-state index contributed by atoms with van der Waals surface area (Å²) in [6, 6.07) is 0. The normalized spacial score (nSPS) is 39.1. The Morgan fingerprint density at radius 2 is 2.00 bits per heavy atom. The third kappa shape index (κ3) is 0.467. The average molecular weight is 134 g/mol. The van der Waals surface area contributed by atoms with E-state index in [-0.39, 0.29) is 19.5 Å². The monoisotopic (exact) mass is 134 g/mol. The lowest BCUT2D eigenvalue weighted by Crippen LogP contribution is -2.68. The first-order valence-electron chi connectivity index (χ1n) is 3.62. The van der Waals surface area contributed by atoms with Crippen molar-refractivity contribution in [3.63, 3.8) is 0 Å². The molecule has 1 heterocycles. The molecule has 2 rings (SSSR count). The fourth-order valence-corrected chi connectivity index (χ4v) is 1.44. The minimum absolute atomic E-state index is 0.0286. The molecule has 0 bridgehead atoms. The second kappa shape index (κ2) is 1.29. The highest BCUT2D eigenvalue weighted by Gasteiger charge is 2.64. The fourth-order valence-electron chi connectivity index (χ4n) is 1.44. The molecule has 9 heavy (non-hydrogen) atoms. The summed E-state index contributed by atoms with van der Waals surface area (Å²) in [6.45, 7) is 0.528. The Bertz CT molecular complexity index is 165. The highest BCUT2D eigenvalue weighted by atomic mass is 19.3. The molecule has 2 fully saturated rings. The molecule has 0 aromatic carbocycles. The van der Waals surface area contributed by atoms with Crippen molar-refractivity contribution in [3.8, 4) is 0 Å². The standard InChI is InChI=1S/C6H9F2N/c7-6(8)2-1-5(6)3-9-4-5/h9H,1-4H2/i/hD. The summed E-state index contributed by atoms with van der Waals surface area (Å²) in [7, 11) is 0. The van der Waals surface area contributed by atoms with Gasteiger partial charge in [-0.3, -0.25) is 0 Å². The molecule has 0 aromatic heterocycles. The number of halogens is 2. The smallest absolute Gasteiger partial charge is 0.256 e. The molecule has 0 amide bonds. The van der Waals surface area contributed by atoms with E-state index in [0.717, 1.165) is 0 Å². The lowest BCUT2D eigenvalue weighted by atomic mass is 9.61. The van der Waals surface area contributed by atoms with Crippen molar-refractivity contribution in [1.82, 2.24) is 5.31 Å². The van der Waals surface area contributed by atoms with Crippen molar-refractivity contribution in [2.75, 3.05) is 13.1 Å². The van der Waals surface area contributed by atoms with E-state index in [0.29, 0.717) is 6.42 Å². The van der Waals surface area contributed by atoms with E-state index in [1.165, 1.54) is 5.31 Å². The van der Waals surface area contributed by atoms with Gasteiger partial charge in [0, 0.05) is 19.5 Å². The van der Waals surface area contributed by atoms with Crippen molar-refractivity contribution < 1.29 is 10.2 Å². The molecule has 0 aromatic rings. The van der Waals surface area contributed by atoms with Gasteiger partial charge in [-0.15, -0.1) is 0 Å². The van der Waals surface area contributed by atoms with Crippen LogP contribution in [0, 0.1) is 5.41 Å². The Morgan fingerprint density at radius 1 is 1.33 bits per heavy atom. The van der Waals surface area contributed by atoms with Crippen molar-refractivity contribution in [2.24, 2.45) is 5.41 Å². The van der Waals surface area contributed by atoms with Gasteiger partial charge in [-0.2, -0.15) is 0 Å². The zero-order chi connectivity index (χ0) is 7.41. The Kier molecular flexibility index (Phi) is 0.658. The van der Waals surface area contributed by atoms with Gasteiger partial charge in [0.15, 0.2) is 0 Å². The first-order chi connectivity index (χ1) is 4.56. The molecule has 1 saturated carbocycles. The predicted octanol–water partition coefficient (Wildman–Crippen LogP) is 1.01. The van der Waals surface area contributed by atoms with Gasteiger partial charge < -0.3 is 5.31 Å². The first-order valence-corrected chi connectivity index (χ1v) is 3.17. The molecule has 1 spiro atoms. The van der Waals surface area contributed by atoms with E-state index in [1.807, 2.05) is 0 Å². The average Bonchev–Trinajstić information content (AvgIpc) is 1.78. The molecule has 1 aliphatic heterocycles. The number of nitrogens with one attached hydrogen (secondary N) is 1. The lowest BCUT2D eigenvalue weighted by Gasteiger charge is -2.55. The zero-order valence-electron chi connectivity index (χ0n) is 6.03. The van der Waals surface area contributed by atoms with Crippen LogP contribution in [-0.4, -0.2) is 19.0 Å². The number of alkyl halides is 2. The lowest BCUT2D eigenvalue weighted by molar-refractivity contribution is -0.222. The molecular formula is C6H9F2N. The maximum atomic E-state index is 12.7. The van der Waals surface area contributed by atoms with E-state index in [1.54, 1.807) is 0 Å². The van der Waals surface area contributed by atoms with E-state index >= 15 is 0 Å². The van der Waals surface area contributed by atoms with Crippen LogP contribution >= 0.6 is 0 Å². The highest BCUT2D eigenvalue weighted by molar-refractivity contribution is 5.09. The van der Waals surface area contributed by atoms with Crippen LogP contribution in [0.25, 0.3) is 0 Å². The van der Waals surface area contributed by atoms with Crippen molar-refractivity contribution in [2.45, 2.75) is 18.8 Å². The van der Waals surface area contributed by atoms with E-state index in [4.69, 9.17) is 1.41 Å². The Balaban J connectivity index is 2.07. The second-order valence-corrected chi connectivity index (χ2v) is 3.02. The molecular weight excluding hydrogens is 124 g/mol. The van der Waals surface area contributed by atoms with Crippen LogP contribution in [0.15, 0.2) is 0 Å². The summed E-state index contributed by atoms with van der Waals surface area (Å²) < 4.78 is 32.4. The summed E-state index contributed by atoms with van der Waals surface area (Å²) in [4.78, 5) is 0. The summed E-state index contributed by atoms with van der Waals surface area (Å²) in [5.74, 6) is -2.47. The van der Waals surface area contributed by atoms with Gasteiger partial charge in [0.1, 0.15) is 1.41 Å². The van der Waals surface area contributed by atoms with Gasteiger partial charge >= 0.3 is 0 Å². The van der Waals surface area contributed by atoms with Gasteiger partial charge in [-0.25, -0.2) is 8.78 Å².